The number of fused-ring (bicyclic) bond motifs is 1. The summed E-state index contributed by atoms with van der Waals surface area (Å²) in [6, 6.07) is 5.82. The zero-order valence-corrected chi connectivity index (χ0v) is 15.2. The van der Waals surface area contributed by atoms with Gasteiger partial charge in [0, 0.05) is 6.54 Å². The molecule has 0 unspecified atom stereocenters. The summed E-state index contributed by atoms with van der Waals surface area (Å²) in [5.41, 5.74) is 5.97. The number of nitrogens with two attached hydrogens (primary N) is 1. The zero-order valence-electron chi connectivity index (χ0n) is 15.2. The van der Waals surface area contributed by atoms with Crippen molar-refractivity contribution in [3.63, 3.8) is 0 Å². The molecule has 1 aliphatic rings. The molecule has 8 nitrogen and oxygen atoms in total. The van der Waals surface area contributed by atoms with Crippen LogP contribution in [0.4, 0.5) is 5.69 Å². The van der Waals surface area contributed by atoms with Gasteiger partial charge in [0.15, 0.2) is 0 Å². The summed E-state index contributed by atoms with van der Waals surface area (Å²) >= 11 is 0. The number of rotatable bonds is 6. The van der Waals surface area contributed by atoms with Gasteiger partial charge in [0.1, 0.15) is 12.6 Å². The fraction of sp³-hybridized carbons (Fsp3) is 0.444. The first kappa shape index (κ1) is 19.4. The van der Waals surface area contributed by atoms with E-state index in [0.717, 1.165) is 0 Å². The largest absolute Gasteiger partial charge is 0.368 e. The second-order valence-corrected chi connectivity index (χ2v) is 6.78. The summed E-state index contributed by atoms with van der Waals surface area (Å²) in [7, 11) is 0. The number of nitrogens with zero attached hydrogens (tertiary/aromatic N) is 2. The van der Waals surface area contributed by atoms with Crippen LogP contribution in [0.25, 0.3) is 0 Å². The SMILES string of the molecule is CC(C)CN(CC(N)=O)C(=O)CN1C(=O)c2ccccc2NC(=O)[C@@H]1C. The van der Waals surface area contributed by atoms with Crippen molar-refractivity contribution in [1.29, 1.82) is 0 Å². The molecule has 0 fully saturated rings. The number of hydrogen-bond donors (Lipinski definition) is 2. The Balaban J connectivity index is 2.27. The van der Waals surface area contributed by atoms with Crippen molar-refractivity contribution in [2.45, 2.75) is 26.8 Å². The molecular weight excluding hydrogens is 336 g/mol. The number of carbonyl (C=O) groups is 4. The van der Waals surface area contributed by atoms with Crippen molar-refractivity contribution in [2.75, 3.05) is 25.0 Å². The van der Waals surface area contributed by atoms with Gasteiger partial charge in [-0.1, -0.05) is 26.0 Å². The van der Waals surface area contributed by atoms with E-state index in [-0.39, 0.29) is 24.9 Å². The Morgan fingerprint density at radius 3 is 2.54 bits per heavy atom. The van der Waals surface area contributed by atoms with Crippen LogP contribution in [-0.2, 0) is 14.4 Å². The van der Waals surface area contributed by atoms with E-state index in [9.17, 15) is 19.2 Å². The predicted molar refractivity (Wildman–Crippen MR) is 96.2 cm³/mol. The molecule has 0 aliphatic carbocycles. The zero-order chi connectivity index (χ0) is 19.4. The number of nitrogens with one attached hydrogen (secondary N) is 1. The summed E-state index contributed by atoms with van der Waals surface area (Å²) < 4.78 is 0. The summed E-state index contributed by atoms with van der Waals surface area (Å²) in [4.78, 5) is 51.7. The van der Waals surface area contributed by atoms with Crippen molar-refractivity contribution in [3.05, 3.63) is 29.8 Å². The van der Waals surface area contributed by atoms with Gasteiger partial charge in [0.05, 0.1) is 17.8 Å². The van der Waals surface area contributed by atoms with E-state index in [4.69, 9.17) is 5.73 Å². The van der Waals surface area contributed by atoms with Gasteiger partial charge in [0.25, 0.3) is 5.91 Å². The average Bonchev–Trinajstić information content (AvgIpc) is 2.64. The molecule has 1 heterocycles. The molecule has 8 heteroatoms. The first-order chi connectivity index (χ1) is 12.2. The minimum Gasteiger partial charge on any atom is -0.368 e. The first-order valence-corrected chi connectivity index (χ1v) is 8.47. The van der Waals surface area contributed by atoms with Crippen LogP contribution in [0.3, 0.4) is 0 Å². The van der Waals surface area contributed by atoms with Gasteiger partial charge in [-0.05, 0) is 25.0 Å². The molecule has 0 bridgehead atoms. The van der Waals surface area contributed by atoms with E-state index in [0.29, 0.717) is 17.8 Å². The maximum Gasteiger partial charge on any atom is 0.257 e. The van der Waals surface area contributed by atoms with Crippen molar-refractivity contribution < 1.29 is 19.2 Å². The quantitative estimate of drug-likeness (QED) is 0.766. The van der Waals surface area contributed by atoms with Crippen LogP contribution in [0, 0.1) is 5.92 Å². The van der Waals surface area contributed by atoms with Crippen molar-refractivity contribution >= 4 is 29.3 Å². The van der Waals surface area contributed by atoms with Crippen LogP contribution in [0.2, 0.25) is 0 Å². The van der Waals surface area contributed by atoms with Gasteiger partial charge < -0.3 is 20.9 Å². The predicted octanol–water partition coefficient (Wildman–Crippen LogP) is 0.439. The summed E-state index contributed by atoms with van der Waals surface area (Å²) in [6.45, 7) is 5.18. The molecule has 1 aromatic rings. The van der Waals surface area contributed by atoms with Crippen molar-refractivity contribution in [1.82, 2.24) is 9.80 Å². The lowest BCUT2D eigenvalue weighted by atomic mass is 10.1. The van der Waals surface area contributed by atoms with Gasteiger partial charge in [0.2, 0.25) is 17.7 Å². The standard InChI is InChI=1S/C18H24N4O4/c1-11(2)8-21(9-15(19)23)16(24)10-22-12(3)17(25)20-14-7-5-4-6-13(14)18(22)26/h4-7,11-12H,8-10H2,1-3H3,(H2,19,23)(H,20,25)/t12-/m0/s1. The lowest BCUT2D eigenvalue weighted by Crippen LogP contribution is -2.51. The number of primary amides is 1. The number of carbonyl (C=O) groups excluding carboxylic acids is 4. The lowest BCUT2D eigenvalue weighted by molar-refractivity contribution is -0.137. The number of amides is 4. The molecule has 26 heavy (non-hydrogen) atoms. The fourth-order valence-corrected chi connectivity index (χ4v) is 2.83. The van der Waals surface area contributed by atoms with Crippen LogP contribution in [-0.4, -0.2) is 59.1 Å². The van der Waals surface area contributed by atoms with Gasteiger partial charge >= 0.3 is 0 Å². The minimum absolute atomic E-state index is 0.125. The average molecular weight is 360 g/mol. The van der Waals surface area contributed by atoms with Gasteiger partial charge in [-0.15, -0.1) is 0 Å². The smallest absolute Gasteiger partial charge is 0.257 e. The molecule has 1 aromatic carbocycles. The second kappa shape index (κ2) is 7.99. The normalized spacial score (nSPS) is 16.8. The highest BCUT2D eigenvalue weighted by molar-refractivity contribution is 6.10. The lowest BCUT2D eigenvalue weighted by Gasteiger charge is -2.29. The van der Waals surface area contributed by atoms with Crippen LogP contribution in [0.5, 0.6) is 0 Å². The topological polar surface area (TPSA) is 113 Å². The highest BCUT2D eigenvalue weighted by Gasteiger charge is 2.34. The molecule has 0 aromatic heterocycles. The maximum atomic E-state index is 12.9. The van der Waals surface area contributed by atoms with E-state index in [1.165, 1.54) is 9.80 Å². The van der Waals surface area contributed by atoms with Crippen molar-refractivity contribution in [2.24, 2.45) is 11.7 Å². The monoisotopic (exact) mass is 360 g/mol. The van der Waals surface area contributed by atoms with Crippen LogP contribution in [0.1, 0.15) is 31.1 Å². The molecular formula is C18H24N4O4. The Morgan fingerprint density at radius 1 is 1.27 bits per heavy atom. The van der Waals surface area contributed by atoms with E-state index < -0.39 is 23.8 Å². The summed E-state index contributed by atoms with van der Waals surface area (Å²) in [6.07, 6.45) is 0. The second-order valence-electron chi connectivity index (χ2n) is 6.78. The molecule has 3 N–H and O–H groups in total. The third kappa shape index (κ3) is 4.38. The Bertz CT molecular complexity index is 732. The Labute approximate surface area is 152 Å². The van der Waals surface area contributed by atoms with Crippen LogP contribution >= 0.6 is 0 Å². The third-order valence-electron chi connectivity index (χ3n) is 4.11. The van der Waals surface area contributed by atoms with Crippen LogP contribution < -0.4 is 11.1 Å². The molecule has 140 valence electrons. The molecule has 0 saturated carbocycles. The van der Waals surface area contributed by atoms with E-state index in [1.54, 1.807) is 31.2 Å². The minimum atomic E-state index is -0.826. The molecule has 2 rings (SSSR count). The molecule has 1 aliphatic heterocycles. The molecule has 0 radical (unpaired) electrons. The summed E-state index contributed by atoms with van der Waals surface area (Å²) in [5, 5.41) is 2.70. The van der Waals surface area contributed by atoms with Gasteiger partial charge in [-0.2, -0.15) is 0 Å². The first-order valence-electron chi connectivity index (χ1n) is 8.47. The number of hydrogen-bond acceptors (Lipinski definition) is 4. The van der Waals surface area contributed by atoms with E-state index >= 15 is 0 Å². The number of benzene rings is 1. The van der Waals surface area contributed by atoms with Crippen LogP contribution in [0.15, 0.2) is 24.3 Å². The Hall–Kier alpha value is -2.90. The Morgan fingerprint density at radius 2 is 1.92 bits per heavy atom. The van der Waals surface area contributed by atoms with E-state index in [1.807, 2.05) is 13.8 Å². The Kier molecular flexibility index (Phi) is 5.97. The number of anilines is 1. The molecule has 0 saturated heterocycles. The van der Waals surface area contributed by atoms with Gasteiger partial charge in [-0.3, -0.25) is 19.2 Å². The maximum absolute atomic E-state index is 12.9. The molecule has 4 amide bonds. The fourth-order valence-electron chi connectivity index (χ4n) is 2.83. The number of para-hydroxylation sites is 1. The highest BCUT2D eigenvalue weighted by Crippen LogP contribution is 2.23. The van der Waals surface area contributed by atoms with E-state index in [2.05, 4.69) is 5.32 Å². The highest BCUT2D eigenvalue weighted by atomic mass is 16.2. The van der Waals surface area contributed by atoms with Crippen molar-refractivity contribution in [3.8, 4) is 0 Å². The third-order valence-corrected chi connectivity index (χ3v) is 4.11. The molecule has 0 spiro atoms. The molecule has 1 atom stereocenters. The van der Waals surface area contributed by atoms with Gasteiger partial charge in [-0.25, -0.2) is 0 Å². The summed E-state index contributed by atoms with van der Waals surface area (Å²) in [5.74, 6) is -1.72.